The van der Waals surface area contributed by atoms with Crippen LogP contribution in [0.25, 0.3) is 0 Å². The summed E-state index contributed by atoms with van der Waals surface area (Å²) in [6.07, 6.45) is -0.500. The lowest BCUT2D eigenvalue weighted by Crippen LogP contribution is -2.49. The van der Waals surface area contributed by atoms with Crippen molar-refractivity contribution in [2.24, 2.45) is 5.92 Å². The summed E-state index contributed by atoms with van der Waals surface area (Å²) < 4.78 is 45.6. The van der Waals surface area contributed by atoms with Gasteiger partial charge < -0.3 is 19.9 Å². The Balaban J connectivity index is 1.23. The number of nitriles is 1. The van der Waals surface area contributed by atoms with Crippen LogP contribution in [0.1, 0.15) is 30.4 Å². The van der Waals surface area contributed by atoms with E-state index in [1.54, 1.807) is 17.0 Å². The number of piperazine rings is 1. The first-order valence-corrected chi connectivity index (χ1v) is 11.6. The zero-order valence-corrected chi connectivity index (χ0v) is 19.4. The lowest BCUT2D eigenvalue weighted by molar-refractivity contribution is -0.138. The average Bonchev–Trinajstić information content (AvgIpc) is 3.71. The number of anilines is 2. The maximum absolute atomic E-state index is 13.3. The van der Waals surface area contributed by atoms with E-state index < -0.39 is 23.3 Å². The van der Waals surface area contributed by atoms with Crippen molar-refractivity contribution in [2.75, 3.05) is 49.6 Å². The summed E-state index contributed by atoms with van der Waals surface area (Å²) in [5, 5.41) is 17.0. The summed E-state index contributed by atoms with van der Waals surface area (Å²) in [5.41, 5.74) is -2.50. The standard InChI is InChI=1S/C23H26F3N7O3/c24-23(25,26)21-17(13-29-31-22(21)35)30-18(16-2-3-16)14-36-10-5-20(34)33-8-6-32(7-9-33)19-4-1-15(11-27)12-28-19/h1,4,12-13,16,18H,2-3,5-10,14H2,(H2,30,31,35). The van der Waals surface area contributed by atoms with Crippen molar-refractivity contribution in [2.45, 2.75) is 31.5 Å². The van der Waals surface area contributed by atoms with Crippen LogP contribution < -0.4 is 15.8 Å². The summed E-state index contributed by atoms with van der Waals surface area (Å²) in [5.74, 6) is 0.828. The molecule has 3 heterocycles. The van der Waals surface area contributed by atoms with E-state index in [1.165, 1.54) is 6.20 Å². The minimum Gasteiger partial charge on any atom is -0.379 e. The van der Waals surface area contributed by atoms with Gasteiger partial charge in [-0.25, -0.2) is 10.1 Å². The first-order chi connectivity index (χ1) is 17.3. The van der Waals surface area contributed by atoms with Crippen molar-refractivity contribution in [1.82, 2.24) is 20.1 Å². The van der Waals surface area contributed by atoms with Crippen LogP contribution in [-0.4, -0.2) is 71.4 Å². The summed E-state index contributed by atoms with van der Waals surface area (Å²) >= 11 is 0. The van der Waals surface area contributed by atoms with Gasteiger partial charge in [0.2, 0.25) is 5.91 Å². The molecule has 2 fully saturated rings. The topological polar surface area (TPSA) is 127 Å². The van der Waals surface area contributed by atoms with Gasteiger partial charge in [-0.3, -0.25) is 9.59 Å². The molecule has 10 nitrogen and oxygen atoms in total. The number of halogens is 3. The van der Waals surface area contributed by atoms with E-state index in [-0.39, 0.29) is 37.1 Å². The molecule has 2 N–H and O–H groups in total. The van der Waals surface area contributed by atoms with Gasteiger partial charge in [0, 0.05) is 32.4 Å². The number of carbonyl (C=O) groups excluding carboxylic acids is 1. The zero-order valence-electron chi connectivity index (χ0n) is 19.4. The number of carbonyl (C=O) groups is 1. The van der Waals surface area contributed by atoms with Gasteiger partial charge in [-0.2, -0.15) is 23.5 Å². The average molecular weight is 506 g/mol. The highest BCUT2D eigenvalue weighted by Crippen LogP contribution is 2.37. The number of rotatable bonds is 9. The van der Waals surface area contributed by atoms with E-state index in [0.29, 0.717) is 31.7 Å². The highest BCUT2D eigenvalue weighted by atomic mass is 19.4. The summed E-state index contributed by atoms with van der Waals surface area (Å²) in [6, 6.07) is 5.10. The predicted octanol–water partition coefficient (Wildman–Crippen LogP) is 2.00. The van der Waals surface area contributed by atoms with Crippen LogP contribution >= 0.6 is 0 Å². The van der Waals surface area contributed by atoms with Gasteiger partial charge >= 0.3 is 6.18 Å². The fourth-order valence-electron chi connectivity index (χ4n) is 4.14. The van der Waals surface area contributed by atoms with Crippen LogP contribution in [0, 0.1) is 17.2 Å². The molecule has 2 aliphatic rings. The number of nitrogens with one attached hydrogen (secondary N) is 2. The summed E-state index contributed by atoms with van der Waals surface area (Å²) in [4.78, 5) is 32.4. The molecule has 0 bridgehead atoms. The van der Waals surface area contributed by atoms with Gasteiger partial charge in [0.25, 0.3) is 5.56 Å². The molecule has 1 saturated carbocycles. The third-order valence-corrected chi connectivity index (χ3v) is 6.26. The SMILES string of the molecule is N#Cc1ccc(N2CCN(C(=O)CCOCC(Nc3cn[nH]c(=O)c3C(F)(F)F)C3CC3)CC2)nc1. The number of amides is 1. The van der Waals surface area contributed by atoms with Crippen molar-refractivity contribution in [3.8, 4) is 6.07 Å². The number of aromatic nitrogens is 3. The van der Waals surface area contributed by atoms with Crippen molar-refractivity contribution in [1.29, 1.82) is 5.26 Å². The fourth-order valence-corrected chi connectivity index (χ4v) is 4.14. The first kappa shape index (κ1) is 25.4. The van der Waals surface area contributed by atoms with Crippen LogP contribution in [0.2, 0.25) is 0 Å². The molecular weight excluding hydrogens is 479 g/mol. The number of nitrogens with zero attached hydrogens (tertiary/aromatic N) is 5. The molecule has 1 saturated heterocycles. The van der Waals surface area contributed by atoms with Gasteiger partial charge in [0.15, 0.2) is 0 Å². The Hall–Kier alpha value is -3.66. The van der Waals surface area contributed by atoms with E-state index in [9.17, 15) is 22.8 Å². The van der Waals surface area contributed by atoms with Crippen LogP contribution in [0.5, 0.6) is 0 Å². The summed E-state index contributed by atoms with van der Waals surface area (Å²) in [6.45, 7) is 2.54. The molecule has 192 valence electrons. The van der Waals surface area contributed by atoms with Crippen molar-refractivity contribution in [3.63, 3.8) is 0 Å². The number of H-pyrrole nitrogens is 1. The molecular formula is C23H26F3N7O3. The number of pyridine rings is 1. The Morgan fingerprint density at radius 3 is 2.61 bits per heavy atom. The predicted molar refractivity (Wildman–Crippen MR) is 123 cm³/mol. The van der Waals surface area contributed by atoms with E-state index in [4.69, 9.17) is 10.00 Å². The van der Waals surface area contributed by atoms with E-state index in [0.717, 1.165) is 24.9 Å². The lowest BCUT2D eigenvalue weighted by Gasteiger charge is -2.35. The molecule has 0 aromatic carbocycles. The number of hydrogen-bond acceptors (Lipinski definition) is 8. The van der Waals surface area contributed by atoms with Crippen molar-refractivity contribution < 1.29 is 22.7 Å². The van der Waals surface area contributed by atoms with Crippen molar-refractivity contribution in [3.05, 3.63) is 46.0 Å². The number of alkyl halides is 3. The Morgan fingerprint density at radius 1 is 1.25 bits per heavy atom. The van der Waals surface area contributed by atoms with Gasteiger partial charge in [-0.1, -0.05) is 0 Å². The monoisotopic (exact) mass is 505 g/mol. The highest BCUT2D eigenvalue weighted by molar-refractivity contribution is 5.76. The summed E-state index contributed by atoms with van der Waals surface area (Å²) in [7, 11) is 0. The number of aromatic amines is 1. The van der Waals surface area contributed by atoms with Crippen LogP contribution in [-0.2, 0) is 15.7 Å². The second kappa shape index (κ2) is 10.9. The Morgan fingerprint density at radius 2 is 2.00 bits per heavy atom. The second-order valence-electron chi connectivity index (χ2n) is 8.78. The maximum atomic E-state index is 13.3. The lowest BCUT2D eigenvalue weighted by atomic mass is 10.1. The second-order valence-corrected chi connectivity index (χ2v) is 8.78. The van der Waals surface area contributed by atoms with Crippen molar-refractivity contribution >= 4 is 17.4 Å². The van der Waals surface area contributed by atoms with Gasteiger partial charge in [-0.05, 0) is 30.9 Å². The Kier molecular flexibility index (Phi) is 7.73. The largest absolute Gasteiger partial charge is 0.423 e. The number of hydrogen-bond donors (Lipinski definition) is 2. The Bertz CT molecular complexity index is 1150. The van der Waals surface area contributed by atoms with E-state index >= 15 is 0 Å². The minimum atomic E-state index is -4.82. The first-order valence-electron chi connectivity index (χ1n) is 11.6. The molecule has 13 heteroatoms. The van der Waals surface area contributed by atoms with Gasteiger partial charge in [-0.15, -0.1) is 0 Å². The van der Waals surface area contributed by atoms with Gasteiger partial charge in [0.05, 0.1) is 43.1 Å². The molecule has 1 aliphatic carbocycles. The highest BCUT2D eigenvalue weighted by Gasteiger charge is 2.39. The Labute approximate surface area is 205 Å². The maximum Gasteiger partial charge on any atom is 0.423 e. The molecule has 2 aromatic heterocycles. The fraction of sp³-hybridized carbons (Fsp3) is 0.522. The normalized spacial score (nSPS) is 16.9. The molecule has 1 atom stereocenters. The molecule has 4 rings (SSSR count). The molecule has 1 unspecified atom stereocenters. The van der Waals surface area contributed by atoms with Crippen LogP contribution in [0.4, 0.5) is 24.7 Å². The van der Waals surface area contributed by atoms with Crippen LogP contribution in [0.15, 0.2) is 29.3 Å². The molecule has 36 heavy (non-hydrogen) atoms. The van der Waals surface area contributed by atoms with E-state index in [2.05, 4.69) is 15.4 Å². The molecule has 0 radical (unpaired) electrons. The molecule has 2 aromatic rings. The minimum absolute atomic E-state index is 0.0588. The zero-order chi connectivity index (χ0) is 25.7. The third kappa shape index (κ3) is 6.31. The molecule has 1 amide bonds. The third-order valence-electron chi connectivity index (χ3n) is 6.26. The van der Waals surface area contributed by atoms with Gasteiger partial charge in [0.1, 0.15) is 17.5 Å². The number of ether oxygens (including phenoxy) is 1. The van der Waals surface area contributed by atoms with Crippen LogP contribution in [0.3, 0.4) is 0 Å². The molecule has 1 aliphatic heterocycles. The molecule has 0 spiro atoms. The van der Waals surface area contributed by atoms with E-state index in [1.807, 2.05) is 16.1 Å². The quantitative estimate of drug-likeness (QED) is 0.496. The smallest absolute Gasteiger partial charge is 0.379 e.